The highest BCUT2D eigenvalue weighted by Gasteiger charge is 2.36. The maximum atomic E-state index is 13.2. The molecule has 0 bridgehead atoms. The van der Waals surface area contributed by atoms with Gasteiger partial charge in [0.2, 0.25) is 5.91 Å². The van der Waals surface area contributed by atoms with E-state index in [-0.39, 0.29) is 30.5 Å². The van der Waals surface area contributed by atoms with Crippen molar-refractivity contribution < 1.29 is 18.4 Å². The summed E-state index contributed by atoms with van der Waals surface area (Å²) in [7, 11) is 0. The summed E-state index contributed by atoms with van der Waals surface area (Å²) < 4.78 is 26.1. The molecule has 3 rings (SSSR count). The molecular weight excluding hydrogens is 326 g/mol. The number of amides is 2. The van der Waals surface area contributed by atoms with Crippen LogP contribution < -0.4 is 5.32 Å². The number of benzene rings is 2. The summed E-state index contributed by atoms with van der Waals surface area (Å²) in [5, 5.41) is 2.86. The van der Waals surface area contributed by atoms with Crippen LogP contribution in [0, 0.1) is 17.6 Å². The largest absolute Gasteiger partial charge is 0.355 e. The van der Waals surface area contributed by atoms with Crippen molar-refractivity contribution in [1.29, 1.82) is 0 Å². The topological polar surface area (TPSA) is 49.4 Å². The van der Waals surface area contributed by atoms with E-state index in [0.717, 1.165) is 24.1 Å². The van der Waals surface area contributed by atoms with Crippen molar-refractivity contribution in [2.24, 2.45) is 5.92 Å². The predicted octanol–water partition coefficient (Wildman–Crippen LogP) is 2.40. The second-order valence-corrected chi connectivity index (χ2v) is 6.06. The first-order valence-corrected chi connectivity index (χ1v) is 8.10. The lowest BCUT2D eigenvalue weighted by molar-refractivity contribution is -0.128. The van der Waals surface area contributed by atoms with Crippen molar-refractivity contribution in [1.82, 2.24) is 10.2 Å². The Kier molecular flexibility index (Phi) is 5.07. The standard InChI is InChI=1S/C19H18F2N2O2/c20-16-7-6-14(10-17(16)21)19(25)23-11-15(12-23)18(24)22-9-8-13-4-2-1-3-5-13/h1-7,10,15H,8-9,11-12H2,(H,22,24). The van der Waals surface area contributed by atoms with E-state index in [1.807, 2.05) is 30.3 Å². The molecule has 0 spiro atoms. The Morgan fingerprint density at radius 3 is 2.44 bits per heavy atom. The zero-order chi connectivity index (χ0) is 17.8. The first-order valence-electron chi connectivity index (χ1n) is 8.10. The molecule has 0 radical (unpaired) electrons. The average Bonchev–Trinajstić information content (AvgIpc) is 2.57. The molecule has 130 valence electrons. The molecule has 4 nitrogen and oxygen atoms in total. The van der Waals surface area contributed by atoms with Gasteiger partial charge < -0.3 is 10.2 Å². The van der Waals surface area contributed by atoms with Gasteiger partial charge in [-0.05, 0) is 30.2 Å². The van der Waals surface area contributed by atoms with Crippen molar-refractivity contribution in [3.8, 4) is 0 Å². The van der Waals surface area contributed by atoms with Gasteiger partial charge in [0.1, 0.15) is 0 Å². The van der Waals surface area contributed by atoms with E-state index in [4.69, 9.17) is 0 Å². The first-order chi connectivity index (χ1) is 12.0. The molecule has 1 N–H and O–H groups in total. The Bertz CT molecular complexity index is 774. The van der Waals surface area contributed by atoms with Crippen molar-refractivity contribution in [3.05, 3.63) is 71.3 Å². The van der Waals surface area contributed by atoms with E-state index in [0.29, 0.717) is 6.54 Å². The van der Waals surface area contributed by atoms with E-state index >= 15 is 0 Å². The minimum atomic E-state index is -1.05. The Balaban J connectivity index is 1.44. The molecule has 6 heteroatoms. The Morgan fingerprint density at radius 2 is 1.76 bits per heavy atom. The lowest BCUT2D eigenvalue weighted by Crippen LogP contribution is -2.55. The highest BCUT2D eigenvalue weighted by atomic mass is 19.2. The zero-order valence-corrected chi connectivity index (χ0v) is 13.5. The highest BCUT2D eigenvalue weighted by Crippen LogP contribution is 2.20. The number of nitrogens with zero attached hydrogens (tertiary/aromatic N) is 1. The summed E-state index contributed by atoms with van der Waals surface area (Å²) in [6, 6.07) is 12.9. The molecule has 1 aliphatic heterocycles. The summed E-state index contributed by atoms with van der Waals surface area (Å²) >= 11 is 0. The summed E-state index contributed by atoms with van der Waals surface area (Å²) in [6.45, 7) is 1.11. The molecule has 25 heavy (non-hydrogen) atoms. The summed E-state index contributed by atoms with van der Waals surface area (Å²) in [4.78, 5) is 25.7. The van der Waals surface area contributed by atoms with Crippen LogP contribution >= 0.6 is 0 Å². The van der Waals surface area contributed by atoms with Gasteiger partial charge in [-0.1, -0.05) is 30.3 Å². The maximum absolute atomic E-state index is 13.2. The van der Waals surface area contributed by atoms with Crippen LogP contribution in [0.2, 0.25) is 0 Å². The number of likely N-dealkylation sites (tertiary alicyclic amines) is 1. The fourth-order valence-corrected chi connectivity index (χ4v) is 2.74. The number of halogens is 2. The smallest absolute Gasteiger partial charge is 0.254 e. The molecule has 2 aromatic rings. The lowest BCUT2D eigenvalue weighted by atomic mass is 9.97. The third kappa shape index (κ3) is 4.02. The van der Waals surface area contributed by atoms with Crippen LogP contribution in [0.15, 0.2) is 48.5 Å². The Morgan fingerprint density at radius 1 is 1.04 bits per heavy atom. The molecule has 0 aromatic heterocycles. The van der Waals surface area contributed by atoms with E-state index in [2.05, 4.69) is 5.32 Å². The highest BCUT2D eigenvalue weighted by molar-refractivity contribution is 5.96. The molecule has 1 heterocycles. The summed E-state index contributed by atoms with van der Waals surface area (Å²) in [6.07, 6.45) is 0.747. The van der Waals surface area contributed by atoms with E-state index in [1.165, 1.54) is 11.0 Å². The van der Waals surface area contributed by atoms with Gasteiger partial charge in [0.25, 0.3) is 5.91 Å². The fraction of sp³-hybridized carbons (Fsp3) is 0.263. The van der Waals surface area contributed by atoms with E-state index in [9.17, 15) is 18.4 Å². The van der Waals surface area contributed by atoms with Crippen molar-refractivity contribution >= 4 is 11.8 Å². The van der Waals surface area contributed by atoms with Crippen molar-refractivity contribution in [2.75, 3.05) is 19.6 Å². The molecule has 0 aliphatic carbocycles. The molecule has 1 fully saturated rings. The van der Waals surface area contributed by atoms with Gasteiger partial charge in [0.05, 0.1) is 5.92 Å². The van der Waals surface area contributed by atoms with Crippen molar-refractivity contribution in [2.45, 2.75) is 6.42 Å². The number of hydrogen-bond donors (Lipinski definition) is 1. The summed E-state index contributed by atoms with van der Waals surface area (Å²) in [5.74, 6) is -2.79. The van der Waals surface area contributed by atoms with E-state index in [1.54, 1.807) is 0 Å². The number of nitrogens with one attached hydrogen (secondary N) is 1. The first kappa shape index (κ1) is 17.1. The molecule has 2 aromatic carbocycles. The van der Waals surface area contributed by atoms with Gasteiger partial charge in [-0.15, -0.1) is 0 Å². The van der Waals surface area contributed by atoms with Crippen LogP contribution in [0.4, 0.5) is 8.78 Å². The quantitative estimate of drug-likeness (QED) is 0.905. The predicted molar refractivity (Wildman–Crippen MR) is 88.9 cm³/mol. The third-order valence-electron chi connectivity index (χ3n) is 4.26. The number of hydrogen-bond acceptors (Lipinski definition) is 2. The molecular formula is C19H18F2N2O2. The second kappa shape index (κ2) is 7.42. The molecule has 1 saturated heterocycles. The minimum absolute atomic E-state index is 0.0850. The van der Waals surface area contributed by atoms with Gasteiger partial charge in [-0.25, -0.2) is 8.78 Å². The van der Waals surface area contributed by atoms with Gasteiger partial charge in [-0.3, -0.25) is 9.59 Å². The van der Waals surface area contributed by atoms with Crippen LogP contribution in [-0.4, -0.2) is 36.3 Å². The normalized spacial score (nSPS) is 14.1. The Hall–Kier alpha value is -2.76. The molecule has 0 atom stereocenters. The van der Waals surface area contributed by atoms with Crippen LogP contribution in [0.3, 0.4) is 0 Å². The van der Waals surface area contributed by atoms with Crippen LogP contribution in [0.1, 0.15) is 15.9 Å². The monoisotopic (exact) mass is 344 g/mol. The third-order valence-corrected chi connectivity index (χ3v) is 4.26. The minimum Gasteiger partial charge on any atom is -0.355 e. The van der Waals surface area contributed by atoms with Gasteiger partial charge in [0, 0.05) is 25.2 Å². The van der Waals surface area contributed by atoms with Crippen LogP contribution in [0.25, 0.3) is 0 Å². The molecule has 2 amide bonds. The number of carbonyl (C=O) groups is 2. The van der Waals surface area contributed by atoms with Crippen molar-refractivity contribution in [3.63, 3.8) is 0 Å². The maximum Gasteiger partial charge on any atom is 0.254 e. The van der Waals surface area contributed by atoms with Gasteiger partial charge in [-0.2, -0.15) is 0 Å². The molecule has 1 aliphatic rings. The fourth-order valence-electron chi connectivity index (χ4n) is 2.74. The molecule has 0 saturated carbocycles. The van der Waals surface area contributed by atoms with Crippen LogP contribution in [-0.2, 0) is 11.2 Å². The van der Waals surface area contributed by atoms with Gasteiger partial charge >= 0.3 is 0 Å². The number of rotatable bonds is 5. The Labute approximate surface area is 144 Å². The molecule has 0 unspecified atom stereocenters. The second-order valence-electron chi connectivity index (χ2n) is 6.06. The number of carbonyl (C=O) groups excluding carboxylic acids is 2. The van der Waals surface area contributed by atoms with Crippen LogP contribution in [0.5, 0.6) is 0 Å². The van der Waals surface area contributed by atoms with E-state index < -0.39 is 17.5 Å². The zero-order valence-electron chi connectivity index (χ0n) is 13.5. The average molecular weight is 344 g/mol. The SMILES string of the molecule is O=C(NCCc1ccccc1)C1CN(C(=O)c2ccc(F)c(F)c2)C1. The summed E-state index contributed by atoms with van der Waals surface area (Å²) in [5.41, 5.74) is 1.23. The van der Waals surface area contributed by atoms with Gasteiger partial charge in [0.15, 0.2) is 11.6 Å². The lowest BCUT2D eigenvalue weighted by Gasteiger charge is -2.38.